The molecule has 76 heavy (non-hydrogen) atoms. The van der Waals surface area contributed by atoms with Gasteiger partial charge in [0.1, 0.15) is 23.0 Å². The van der Waals surface area contributed by atoms with Crippen LogP contribution in [-0.4, -0.2) is 88.9 Å². The van der Waals surface area contributed by atoms with Crippen LogP contribution in [-0.2, 0) is 35.8 Å². The van der Waals surface area contributed by atoms with Crippen LogP contribution in [0.1, 0.15) is 70.9 Å². The first-order chi connectivity index (χ1) is 37.6. The van der Waals surface area contributed by atoms with Gasteiger partial charge in [0.2, 0.25) is 0 Å². The Hall–Kier alpha value is -6.90. The molecule has 2 saturated heterocycles. The molecule has 396 valence electrons. The van der Waals surface area contributed by atoms with E-state index in [1.807, 2.05) is 73.1 Å². The van der Waals surface area contributed by atoms with Crippen LogP contribution in [0, 0.1) is 0 Å². The van der Waals surface area contributed by atoms with Crippen molar-refractivity contribution in [2.75, 3.05) is 66.8 Å². The fourth-order valence-electron chi connectivity index (χ4n) is 10.2. The van der Waals surface area contributed by atoms with E-state index in [1.54, 1.807) is 14.2 Å². The number of pyridine rings is 2. The van der Waals surface area contributed by atoms with Gasteiger partial charge in [0.25, 0.3) is 0 Å². The van der Waals surface area contributed by atoms with E-state index in [2.05, 4.69) is 128 Å². The summed E-state index contributed by atoms with van der Waals surface area (Å²) in [5.41, 5.74) is 9.45. The monoisotopic (exact) mass is 1020 g/mol. The zero-order chi connectivity index (χ0) is 52.0. The van der Waals surface area contributed by atoms with E-state index < -0.39 is 0 Å². The molecular formula is C64H74N6O6. The predicted molar refractivity (Wildman–Crippen MR) is 304 cm³/mol. The molecule has 12 nitrogen and oxygen atoms in total. The Labute approximate surface area is 448 Å². The number of piperidine rings is 2. The highest BCUT2D eigenvalue weighted by Gasteiger charge is 2.27. The van der Waals surface area contributed by atoms with Crippen molar-refractivity contribution in [1.29, 1.82) is 0 Å². The second-order valence-corrected chi connectivity index (χ2v) is 19.5. The summed E-state index contributed by atoms with van der Waals surface area (Å²) in [6, 6.07) is 55.1. The Morgan fingerprint density at radius 2 is 0.934 bits per heavy atom. The average Bonchev–Trinajstić information content (AvgIpc) is 3.49. The van der Waals surface area contributed by atoms with Gasteiger partial charge in [0, 0.05) is 97.2 Å². The van der Waals surface area contributed by atoms with Crippen molar-refractivity contribution in [2.24, 2.45) is 0 Å². The maximum atomic E-state index is 5.97. The van der Waals surface area contributed by atoms with Crippen LogP contribution in [0.3, 0.4) is 0 Å². The molecule has 0 amide bonds. The molecule has 0 radical (unpaired) electrons. The van der Waals surface area contributed by atoms with Gasteiger partial charge in [-0.1, -0.05) is 97.1 Å². The van der Waals surface area contributed by atoms with Gasteiger partial charge in [0.15, 0.2) is 0 Å². The average molecular weight is 1020 g/mol. The highest BCUT2D eigenvalue weighted by molar-refractivity contribution is 5.79. The zero-order valence-corrected chi connectivity index (χ0v) is 44.1. The van der Waals surface area contributed by atoms with Crippen molar-refractivity contribution < 1.29 is 28.4 Å². The molecule has 4 N–H and O–H groups in total. The lowest BCUT2D eigenvalue weighted by Gasteiger charge is -2.33. The summed E-state index contributed by atoms with van der Waals surface area (Å²) in [4.78, 5) is 9.00. The van der Waals surface area contributed by atoms with Crippen LogP contribution in [0.4, 0.5) is 0 Å². The molecule has 12 heteroatoms. The van der Waals surface area contributed by atoms with Crippen LogP contribution in [0.25, 0.3) is 21.8 Å². The second kappa shape index (κ2) is 28.8. The largest absolute Gasteiger partial charge is 0.496 e. The van der Waals surface area contributed by atoms with E-state index in [0.717, 1.165) is 110 Å². The van der Waals surface area contributed by atoms with Crippen molar-refractivity contribution in [3.05, 3.63) is 203 Å². The molecule has 10 rings (SSSR count). The number of fused-ring (bicyclic) bond motifs is 2. The van der Waals surface area contributed by atoms with Gasteiger partial charge >= 0.3 is 0 Å². The summed E-state index contributed by atoms with van der Waals surface area (Å²) in [6.07, 6.45) is 7.60. The number of para-hydroxylation sites is 2. The smallest absolute Gasteiger partial charge is 0.124 e. The Balaban J connectivity index is 0.000000186. The third-order valence-electron chi connectivity index (χ3n) is 14.4. The van der Waals surface area contributed by atoms with Gasteiger partial charge in [-0.25, -0.2) is 0 Å². The quantitative estimate of drug-likeness (QED) is 0.0430. The predicted octanol–water partition coefficient (Wildman–Crippen LogP) is 10.9. The molecule has 0 bridgehead atoms. The second-order valence-electron chi connectivity index (χ2n) is 19.5. The van der Waals surface area contributed by atoms with Crippen molar-refractivity contribution >= 4 is 21.8 Å². The normalized spacial score (nSPS) is 17.4. The summed E-state index contributed by atoms with van der Waals surface area (Å²) >= 11 is 0. The first kappa shape index (κ1) is 53.9. The fraction of sp³-hybridized carbons (Fsp3) is 0.344. The first-order valence-electron chi connectivity index (χ1n) is 27.0. The minimum absolute atomic E-state index is 0.371. The summed E-state index contributed by atoms with van der Waals surface area (Å²) in [7, 11) is 3.37. The maximum Gasteiger partial charge on any atom is 0.124 e. The third kappa shape index (κ3) is 15.6. The van der Waals surface area contributed by atoms with Crippen LogP contribution in [0.2, 0.25) is 0 Å². The Morgan fingerprint density at radius 3 is 1.38 bits per heavy atom. The SMILES string of the molecule is COc1ccccc1COCCCOc1ccc([C@@H]2CCNC[C@@H]2NCc2ccc3cccnc3c2)cc1.COc1ccccc1COCCCOc1ccc([C@H]2CCNC[C@H]2NCc2ccc3cccnc3c2)cc1. The highest BCUT2D eigenvalue weighted by Crippen LogP contribution is 2.30. The number of rotatable bonds is 24. The molecule has 4 heterocycles. The van der Waals surface area contributed by atoms with E-state index in [-0.39, 0.29) is 0 Å². The van der Waals surface area contributed by atoms with Crippen molar-refractivity contribution in [3.63, 3.8) is 0 Å². The van der Waals surface area contributed by atoms with Gasteiger partial charge in [-0.05, 0) is 109 Å². The van der Waals surface area contributed by atoms with E-state index >= 15 is 0 Å². The number of benzene rings is 6. The molecule has 0 unspecified atom stereocenters. The number of methoxy groups -OCH3 is 2. The summed E-state index contributed by atoms with van der Waals surface area (Å²) in [6.45, 7) is 9.29. The number of aromatic nitrogens is 2. The van der Waals surface area contributed by atoms with Gasteiger partial charge in [-0.3, -0.25) is 9.97 Å². The van der Waals surface area contributed by atoms with E-state index in [1.165, 1.54) is 33.0 Å². The fourth-order valence-corrected chi connectivity index (χ4v) is 10.2. The molecule has 0 aliphatic carbocycles. The lowest BCUT2D eigenvalue weighted by Crippen LogP contribution is -2.47. The molecule has 2 fully saturated rings. The Bertz CT molecular complexity index is 2790. The van der Waals surface area contributed by atoms with Crippen molar-refractivity contribution in [1.82, 2.24) is 31.2 Å². The van der Waals surface area contributed by atoms with Gasteiger partial charge in [-0.15, -0.1) is 0 Å². The minimum Gasteiger partial charge on any atom is -0.496 e. The van der Waals surface area contributed by atoms with Crippen molar-refractivity contribution in [2.45, 2.75) is 75.9 Å². The molecule has 0 saturated carbocycles. The van der Waals surface area contributed by atoms with Crippen molar-refractivity contribution in [3.8, 4) is 23.0 Å². The van der Waals surface area contributed by atoms with E-state index in [9.17, 15) is 0 Å². The maximum absolute atomic E-state index is 5.97. The molecule has 2 aromatic heterocycles. The van der Waals surface area contributed by atoms with Crippen LogP contribution in [0.5, 0.6) is 23.0 Å². The first-order valence-corrected chi connectivity index (χ1v) is 27.0. The van der Waals surface area contributed by atoms with Gasteiger partial charge in [-0.2, -0.15) is 0 Å². The Morgan fingerprint density at radius 1 is 0.487 bits per heavy atom. The topological polar surface area (TPSA) is 129 Å². The summed E-state index contributed by atoms with van der Waals surface area (Å²) < 4.78 is 34.3. The van der Waals surface area contributed by atoms with Crippen LogP contribution in [0.15, 0.2) is 170 Å². The molecule has 0 spiro atoms. The molecule has 2 aliphatic rings. The highest BCUT2D eigenvalue weighted by atomic mass is 16.5. The summed E-state index contributed by atoms with van der Waals surface area (Å²) in [5.74, 6) is 4.46. The number of nitrogens with zero attached hydrogens (tertiary/aromatic N) is 2. The molecule has 8 aromatic rings. The molecule has 2 aliphatic heterocycles. The van der Waals surface area contributed by atoms with Crippen LogP contribution >= 0.6 is 0 Å². The molecule has 6 aromatic carbocycles. The van der Waals surface area contributed by atoms with E-state index in [4.69, 9.17) is 28.4 Å². The third-order valence-corrected chi connectivity index (χ3v) is 14.4. The van der Waals surface area contributed by atoms with Gasteiger partial charge < -0.3 is 49.7 Å². The lowest BCUT2D eigenvalue weighted by molar-refractivity contribution is 0.105. The number of hydrogen-bond donors (Lipinski definition) is 4. The lowest BCUT2D eigenvalue weighted by atomic mass is 9.86. The molecule has 4 atom stereocenters. The molecular weight excluding hydrogens is 949 g/mol. The number of nitrogens with one attached hydrogen (secondary N) is 4. The van der Waals surface area contributed by atoms with Gasteiger partial charge in [0.05, 0.1) is 64.9 Å². The number of hydrogen-bond acceptors (Lipinski definition) is 12. The number of ether oxygens (including phenoxy) is 6. The zero-order valence-electron chi connectivity index (χ0n) is 44.1. The Kier molecular flexibility index (Phi) is 20.5. The van der Waals surface area contributed by atoms with E-state index in [0.29, 0.717) is 63.6 Å². The van der Waals surface area contributed by atoms with Crippen LogP contribution < -0.4 is 40.2 Å². The summed E-state index contributed by atoms with van der Waals surface area (Å²) in [5, 5.41) is 17.1. The minimum atomic E-state index is 0.371. The standard InChI is InChI=1S/2C32H37N3O3/c2*1-36-32-8-3-2-6-27(32)23-37-18-5-19-38-28-13-11-25(12-14-28)29-15-17-33-22-31(29)35-21-24-9-10-26-7-4-16-34-30(26)20-24/h2*2-4,6-14,16,20,29,31,33,35H,5,15,17-19,21-23H2,1H3/t2*29-,31-/m10/s1.